The molecule has 0 saturated carbocycles. The Morgan fingerprint density at radius 1 is 0.628 bits per heavy atom. The van der Waals surface area contributed by atoms with Gasteiger partial charge in [0.05, 0.1) is 33.0 Å². The van der Waals surface area contributed by atoms with Gasteiger partial charge in [-0.3, -0.25) is 4.79 Å². The number of carbonyl (C=O) groups excluding carboxylic acids is 1. The van der Waals surface area contributed by atoms with Crippen molar-refractivity contribution in [2.45, 2.75) is 64.1 Å². The number of rotatable bonds is 15. The minimum absolute atomic E-state index is 0.232. The molecular formula is C36H38O7. The van der Waals surface area contributed by atoms with E-state index in [0.29, 0.717) is 26.4 Å². The molecule has 0 radical (unpaired) electrons. The lowest BCUT2D eigenvalue weighted by molar-refractivity contribution is -0.202. The second-order valence-electron chi connectivity index (χ2n) is 10.4. The van der Waals surface area contributed by atoms with Gasteiger partial charge in [0, 0.05) is 6.92 Å². The fourth-order valence-electron chi connectivity index (χ4n) is 4.99. The first-order chi connectivity index (χ1) is 21.2. The van der Waals surface area contributed by atoms with Crippen LogP contribution in [-0.2, 0) is 59.6 Å². The van der Waals surface area contributed by atoms with E-state index >= 15 is 0 Å². The van der Waals surface area contributed by atoms with Gasteiger partial charge in [-0.15, -0.1) is 0 Å². The van der Waals surface area contributed by atoms with E-state index in [9.17, 15) is 4.79 Å². The third-order valence-corrected chi connectivity index (χ3v) is 7.13. The molecule has 0 aliphatic carbocycles. The monoisotopic (exact) mass is 582 g/mol. The topological polar surface area (TPSA) is 72.5 Å². The minimum Gasteiger partial charge on any atom is -0.433 e. The molecule has 0 N–H and O–H groups in total. The molecule has 7 nitrogen and oxygen atoms in total. The number of ether oxygens (including phenoxy) is 6. The van der Waals surface area contributed by atoms with Crippen molar-refractivity contribution < 1.29 is 33.2 Å². The van der Waals surface area contributed by atoms with Crippen LogP contribution in [0.25, 0.3) is 0 Å². The van der Waals surface area contributed by atoms with Crippen molar-refractivity contribution in [2.75, 3.05) is 6.61 Å². The summed E-state index contributed by atoms with van der Waals surface area (Å²) in [6.07, 6.45) is -3.49. The number of esters is 1. The Morgan fingerprint density at radius 2 is 1.07 bits per heavy atom. The standard InChI is InChI=1S/C36H38O7/c1-27(37)42-36-35(41-25-31-20-12-5-13-21-31)34(40-24-30-18-10-4-11-19-30)33(43-36)32(39-23-29-16-8-3-9-17-29)26-38-22-28-14-6-2-7-15-28/h2-21,32-36H,22-26H2,1H3/t32-,33-,34+,35-,36-/m1/s1. The zero-order valence-electron chi connectivity index (χ0n) is 24.3. The van der Waals surface area contributed by atoms with Crippen LogP contribution < -0.4 is 0 Å². The SMILES string of the molecule is CC(=O)O[C@@H]1O[C@H]([C@@H](COCc2ccccc2)OCc2ccccc2)[C@H](OCc2ccccc2)[C@H]1OCc1ccccc1. The van der Waals surface area contributed by atoms with Crippen LogP contribution >= 0.6 is 0 Å². The van der Waals surface area contributed by atoms with Gasteiger partial charge >= 0.3 is 5.97 Å². The fourth-order valence-corrected chi connectivity index (χ4v) is 4.99. The molecular weight excluding hydrogens is 544 g/mol. The van der Waals surface area contributed by atoms with Crippen molar-refractivity contribution in [2.24, 2.45) is 0 Å². The lowest BCUT2D eigenvalue weighted by atomic mass is 10.0. The first-order valence-electron chi connectivity index (χ1n) is 14.6. The van der Waals surface area contributed by atoms with E-state index in [0.717, 1.165) is 22.3 Å². The molecule has 5 rings (SSSR count). The van der Waals surface area contributed by atoms with E-state index in [1.54, 1.807) is 0 Å². The molecule has 0 spiro atoms. The van der Waals surface area contributed by atoms with Crippen molar-refractivity contribution in [3.63, 3.8) is 0 Å². The molecule has 4 aromatic carbocycles. The quantitative estimate of drug-likeness (QED) is 0.154. The molecule has 0 bridgehead atoms. The summed E-state index contributed by atoms with van der Waals surface area (Å²) >= 11 is 0. The summed E-state index contributed by atoms with van der Waals surface area (Å²) in [6.45, 7) is 2.96. The lowest BCUT2D eigenvalue weighted by Gasteiger charge is -2.29. The van der Waals surface area contributed by atoms with Crippen LogP contribution in [0.15, 0.2) is 121 Å². The number of carbonyl (C=O) groups is 1. The lowest BCUT2D eigenvalue weighted by Crippen LogP contribution is -2.45. The van der Waals surface area contributed by atoms with Crippen LogP contribution in [0, 0.1) is 0 Å². The first-order valence-corrected chi connectivity index (χ1v) is 14.6. The van der Waals surface area contributed by atoms with Gasteiger partial charge in [-0.05, 0) is 22.3 Å². The van der Waals surface area contributed by atoms with Gasteiger partial charge in [-0.25, -0.2) is 0 Å². The summed E-state index contributed by atoms with van der Waals surface area (Å²) in [5.74, 6) is -0.470. The Bertz CT molecular complexity index is 1350. The van der Waals surface area contributed by atoms with Crippen molar-refractivity contribution in [1.29, 1.82) is 0 Å². The molecule has 224 valence electrons. The minimum atomic E-state index is -0.982. The smallest absolute Gasteiger partial charge is 0.305 e. The second-order valence-corrected chi connectivity index (χ2v) is 10.4. The van der Waals surface area contributed by atoms with Gasteiger partial charge < -0.3 is 28.4 Å². The van der Waals surface area contributed by atoms with E-state index in [2.05, 4.69) is 0 Å². The molecule has 0 unspecified atom stereocenters. The zero-order chi connectivity index (χ0) is 29.7. The van der Waals surface area contributed by atoms with Crippen LogP contribution in [0.4, 0.5) is 0 Å². The molecule has 1 heterocycles. The van der Waals surface area contributed by atoms with Crippen LogP contribution in [-0.4, -0.2) is 43.3 Å². The van der Waals surface area contributed by atoms with Crippen LogP contribution in [0.2, 0.25) is 0 Å². The van der Waals surface area contributed by atoms with E-state index < -0.39 is 36.7 Å². The molecule has 1 fully saturated rings. The third-order valence-electron chi connectivity index (χ3n) is 7.13. The maximum Gasteiger partial charge on any atom is 0.305 e. The fraction of sp³-hybridized carbons (Fsp3) is 0.306. The average Bonchev–Trinajstić information content (AvgIpc) is 3.38. The normalized spacial score (nSPS) is 20.5. The van der Waals surface area contributed by atoms with E-state index in [4.69, 9.17) is 28.4 Å². The Hall–Kier alpha value is -3.85. The summed E-state index contributed by atoms with van der Waals surface area (Å²) in [7, 11) is 0. The molecule has 4 aromatic rings. The average molecular weight is 583 g/mol. The number of hydrogen-bond donors (Lipinski definition) is 0. The van der Waals surface area contributed by atoms with Crippen LogP contribution in [0.5, 0.6) is 0 Å². The zero-order valence-corrected chi connectivity index (χ0v) is 24.3. The molecule has 0 amide bonds. The Balaban J connectivity index is 1.39. The van der Waals surface area contributed by atoms with Gasteiger partial charge in [0.2, 0.25) is 6.29 Å². The van der Waals surface area contributed by atoms with Crippen LogP contribution in [0.1, 0.15) is 29.2 Å². The summed E-state index contributed by atoms with van der Waals surface area (Å²) in [4.78, 5) is 12.2. The van der Waals surface area contributed by atoms with Crippen molar-refractivity contribution in [1.82, 2.24) is 0 Å². The van der Waals surface area contributed by atoms with Gasteiger partial charge in [-0.1, -0.05) is 121 Å². The third kappa shape index (κ3) is 9.32. The van der Waals surface area contributed by atoms with Gasteiger partial charge in [-0.2, -0.15) is 0 Å². The van der Waals surface area contributed by atoms with Gasteiger partial charge in [0.15, 0.2) is 0 Å². The Labute approximate surface area is 253 Å². The molecule has 1 saturated heterocycles. The molecule has 43 heavy (non-hydrogen) atoms. The Morgan fingerprint density at radius 3 is 1.56 bits per heavy atom. The van der Waals surface area contributed by atoms with Gasteiger partial charge in [0.1, 0.15) is 24.4 Å². The Kier molecular flexibility index (Phi) is 11.5. The highest BCUT2D eigenvalue weighted by Crippen LogP contribution is 2.33. The largest absolute Gasteiger partial charge is 0.433 e. The van der Waals surface area contributed by atoms with Crippen LogP contribution in [0.3, 0.4) is 0 Å². The highest BCUT2D eigenvalue weighted by molar-refractivity contribution is 5.66. The molecule has 1 aliphatic rings. The summed E-state index contributed by atoms with van der Waals surface area (Å²) in [5.41, 5.74) is 4.05. The van der Waals surface area contributed by atoms with E-state index in [1.165, 1.54) is 6.92 Å². The van der Waals surface area contributed by atoms with Crippen molar-refractivity contribution >= 4 is 5.97 Å². The van der Waals surface area contributed by atoms with Gasteiger partial charge in [0.25, 0.3) is 0 Å². The molecule has 5 atom stereocenters. The number of benzene rings is 4. The van der Waals surface area contributed by atoms with Crippen molar-refractivity contribution in [3.8, 4) is 0 Å². The molecule has 0 aromatic heterocycles. The predicted octanol–water partition coefficient (Wildman–Crippen LogP) is 6.25. The summed E-state index contributed by atoms with van der Waals surface area (Å²) < 4.78 is 37.6. The first kappa shape index (κ1) is 30.6. The predicted molar refractivity (Wildman–Crippen MR) is 162 cm³/mol. The van der Waals surface area contributed by atoms with E-state index in [1.807, 2.05) is 121 Å². The molecule has 1 aliphatic heterocycles. The highest BCUT2D eigenvalue weighted by Gasteiger charge is 2.51. The maximum absolute atomic E-state index is 12.2. The van der Waals surface area contributed by atoms with Crippen molar-refractivity contribution in [3.05, 3.63) is 144 Å². The van der Waals surface area contributed by atoms with E-state index in [-0.39, 0.29) is 6.61 Å². The maximum atomic E-state index is 12.2. The molecule has 7 heteroatoms. The summed E-state index contributed by atoms with van der Waals surface area (Å²) in [6, 6.07) is 39.6. The highest BCUT2D eigenvalue weighted by atomic mass is 16.7. The summed E-state index contributed by atoms with van der Waals surface area (Å²) in [5, 5.41) is 0. The number of hydrogen-bond acceptors (Lipinski definition) is 7. The second kappa shape index (κ2) is 16.1.